The van der Waals surface area contributed by atoms with Crippen molar-refractivity contribution in [2.45, 2.75) is 52.0 Å². The molecular weight excluding hydrogens is 232 g/mol. The number of anilines is 1. The van der Waals surface area contributed by atoms with Crippen LogP contribution in [0.3, 0.4) is 0 Å². The third kappa shape index (κ3) is 3.11. The van der Waals surface area contributed by atoms with Gasteiger partial charge in [0.2, 0.25) is 0 Å². The minimum Gasteiger partial charge on any atom is -0.399 e. The first kappa shape index (κ1) is 14.4. The maximum Gasteiger partial charge on any atom is 0.0314 e. The summed E-state index contributed by atoms with van der Waals surface area (Å²) in [5.74, 6) is 0. The van der Waals surface area contributed by atoms with Gasteiger partial charge in [0.25, 0.3) is 0 Å². The standard InChI is InChI=1S/C17H28N2/c1-13(16(2,3)4)19(5)12-17(10-11-17)14-6-8-15(18)9-7-14/h6-9,13H,10-12,18H2,1-5H3. The average molecular weight is 260 g/mol. The lowest BCUT2D eigenvalue weighted by Crippen LogP contribution is -2.43. The van der Waals surface area contributed by atoms with Gasteiger partial charge in [0.05, 0.1) is 0 Å². The van der Waals surface area contributed by atoms with E-state index in [2.05, 4.69) is 51.8 Å². The Balaban J connectivity index is 2.08. The molecule has 1 aromatic rings. The lowest BCUT2D eigenvalue weighted by atomic mass is 9.86. The predicted octanol–water partition coefficient (Wildman–Crippen LogP) is 3.67. The number of nitrogen functional groups attached to an aromatic ring is 1. The highest BCUT2D eigenvalue weighted by molar-refractivity contribution is 5.43. The van der Waals surface area contributed by atoms with Crippen molar-refractivity contribution in [2.75, 3.05) is 19.3 Å². The van der Waals surface area contributed by atoms with Crippen molar-refractivity contribution >= 4 is 5.69 Å². The Morgan fingerprint density at radius 3 is 2.16 bits per heavy atom. The van der Waals surface area contributed by atoms with Gasteiger partial charge in [-0.25, -0.2) is 0 Å². The lowest BCUT2D eigenvalue weighted by molar-refractivity contribution is 0.130. The van der Waals surface area contributed by atoms with Gasteiger partial charge in [0, 0.05) is 23.7 Å². The number of nitrogens with zero attached hydrogens (tertiary/aromatic N) is 1. The lowest BCUT2D eigenvalue weighted by Gasteiger charge is -2.37. The number of benzene rings is 1. The van der Waals surface area contributed by atoms with E-state index in [0.29, 0.717) is 16.9 Å². The Hall–Kier alpha value is -1.02. The van der Waals surface area contributed by atoms with E-state index in [9.17, 15) is 0 Å². The van der Waals surface area contributed by atoms with Crippen molar-refractivity contribution in [3.63, 3.8) is 0 Å². The highest BCUT2D eigenvalue weighted by Gasteiger charge is 2.45. The molecule has 0 amide bonds. The topological polar surface area (TPSA) is 29.3 Å². The molecular formula is C17H28N2. The Morgan fingerprint density at radius 1 is 1.21 bits per heavy atom. The zero-order chi connectivity index (χ0) is 14.3. The first-order valence-electron chi connectivity index (χ1n) is 7.31. The molecule has 0 saturated heterocycles. The Bertz CT molecular complexity index is 424. The zero-order valence-corrected chi connectivity index (χ0v) is 13.0. The van der Waals surface area contributed by atoms with Crippen molar-refractivity contribution in [1.82, 2.24) is 4.90 Å². The summed E-state index contributed by atoms with van der Waals surface area (Å²) in [6.45, 7) is 10.4. The minimum atomic E-state index is 0.325. The third-order valence-corrected chi connectivity index (χ3v) is 4.84. The van der Waals surface area contributed by atoms with Gasteiger partial charge >= 0.3 is 0 Å². The Labute approximate surface area is 118 Å². The van der Waals surface area contributed by atoms with E-state index in [1.807, 2.05) is 12.1 Å². The van der Waals surface area contributed by atoms with Gasteiger partial charge in [-0.2, -0.15) is 0 Å². The molecule has 0 aliphatic heterocycles. The Morgan fingerprint density at radius 2 is 1.74 bits per heavy atom. The SMILES string of the molecule is CC(N(C)CC1(c2ccc(N)cc2)CC1)C(C)(C)C. The van der Waals surface area contributed by atoms with Crippen LogP contribution < -0.4 is 5.73 Å². The van der Waals surface area contributed by atoms with E-state index in [-0.39, 0.29) is 0 Å². The van der Waals surface area contributed by atoms with Crippen LogP contribution >= 0.6 is 0 Å². The van der Waals surface area contributed by atoms with E-state index < -0.39 is 0 Å². The fourth-order valence-electron chi connectivity index (χ4n) is 2.80. The van der Waals surface area contributed by atoms with Gasteiger partial charge < -0.3 is 10.6 Å². The van der Waals surface area contributed by atoms with E-state index in [1.54, 1.807) is 0 Å². The second-order valence-corrected chi connectivity index (χ2v) is 7.36. The molecule has 1 aromatic carbocycles. The summed E-state index contributed by atoms with van der Waals surface area (Å²) >= 11 is 0. The summed E-state index contributed by atoms with van der Waals surface area (Å²) in [5.41, 5.74) is 8.80. The van der Waals surface area contributed by atoms with E-state index in [4.69, 9.17) is 5.73 Å². The second kappa shape index (κ2) is 4.82. The van der Waals surface area contributed by atoms with Gasteiger partial charge in [0.1, 0.15) is 0 Å². The van der Waals surface area contributed by atoms with Crippen LogP contribution in [0.5, 0.6) is 0 Å². The molecule has 1 unspecified atom stereocenters. The van der Waals surface area contributed by atoms with Gasteiger partial charge in [-0.1, -0.05) is 32.9 Å². The van der Waals surface area contributed by atoms with E-state index >= 15 is 0 Å². The van der Waals surface area contributed by atoms with Crippen LogP contribution in [0.15, 0.2) is 24.3 Å². The second-order valence-electron chi connectivity index (χ2n) is 7.36. The molecule has 1 aliphatic carbocycles. The maximum atomic E-state index is 5.79. The molecule has 2 rings (SSSR count). The first-order valence-corrected chi connectivity index (χ1v) is 7.31. The number of hydrogen-bond acceptors (Lipinski definition) is 2. The summed E-state index contributed by atoms with van der Waals surface area (Å²) in [6.07, 6.45) is 2.61. The molecule has 0 spiro atoms. The van der Waals surface area contributed by atoms with Crippen LogP contribution in [0.4, 0.5) is 5.69 Å². The molecule has 0 aromatic heterocycles. The van der Waals surface area contributed by atoms with Crippen LogP contribution in [0.2, 0.25) is 0 Å². The highest BCUT2D eigenvalue weighted by atomic mass is 15.1. The van der Waals surface area contributed by atoms with Crippen LogP contribution in [0.25, 0.3) is 0 Å². The van der Waals surface area contributed by atoms with Crippen molar-refractivity contribution in [2.24, 2.45) is 5.41 Å². The van der Waals surface area contributed by atoms with Crippen molar-refractivity contribution in [3.8, 4) is 0 Å². The summed E-state index contributed by atoms with van der Waals surface area (Å²) in [4.78, 5) is 2.52. The van der Waals surface area contributed by atoms with Gasteiger partial charge in [0.15, 0.2) is 0 Å². The summed E-state index contributed by atoms with van der Waals surface area (Å²) in [5, 5.41) is 0. The molecule has 106 valence electrons. The van der Waals surface area contributed by atoms with Crippen LogP contribution in [0.1, 0.15) is 46.1 Å². The van der Waals surface area contributed by atoms with Gasteiger partial charge in [-0.3, -0.25) is 0 Å². The molecule has 1 fully saturated rings. The predicted molar refractivity (Wildman–Crippen MR) is 83.3 cm³/mol. The maximum absolute atomic E-state index is 5.79. The normalized spacial score (nSPS) is 19.5. The number of nitrogens with two attached hydrogens (primary N) is 1. The average Bonchev–Trinajstić information content (AvgIpc) is 3.08. The Kier molecular flexibility index (Phi) is 3.65. The summed E-state index contributed by atoms with van der Waals surface area (Å²) in [7, 11) is 2.26. The molecule has 1 aliphatic rings. The van der Waals surface area contributed by atoms with Gasteiger partial charge in [-0.05, 0) is 49.9 Å². The van der Waals surface area contributed by atoms with Gasteiger partial charge in [-0.15, -0.1) is 0 Å². The monoisotopic (exact) mass is 260 g/mol. The highest BCUT2D eigenvalue weighted by Crippen LogP contribution is 2.49. The fraction of sp³-hybridized carbons (Fsp3) is 0.647. The summed E-state index contributed by atoms with van der Waals surface area (Å²) in [6, 6.07) is 9.06. The van der Waals surface area contributed by atoms with Crippen LogP contribution in [0, 0.1) is 5.41 Å². The minimum absolute atomic E-state index is 0.325. The van der Waals surface area contributed by atoms with Crippen LogP contribution in [-0.4, -0.2) is 24.5 Å². The molecule has 2 heteroatoms. The molecule has 2 nitrogen and oxygen atoms in total. The molecule has 0 radical (unpaired) electrons. The third-order valence-electron chi connectivity index (χ3n) is 4.84. The summed E-state index contributed by atoms with van der Waals surface area (Å²) < 4.78 is 0. The number of hydrogen-bond donors (Lipinski definition) is 1. The molecule has 1 saturated carbocycles. The molecule has 19 heavy (non-hydrogen) atoms. The molecule has 0 bridgehead atoms. The van der Waals surface area contributed by atoms with E-state index in [1.165, 1.54) is 18.4 Å². The zero-order valence-electron chi connectivity index (χ0n) is 13.0. The molecule has 0 heterocycles. The quantitative estimate of drug-likeness (QED) is 0.837. The van der Waals surface area contributed by atoms with Crippen molar-refractivity contribution in [1.29, 1.82) is 0 Å². The molecule has 1 atom stereocenters. The smallest absolute Gasteiger partial charge is 0.0314 e. The number of rotatable bonds is 4. The molecule has 2 N–H and O–H groups in total. The fourth-order valence-corrected chi connectivity index (χ4v) is 2.80. The van der Waals surface area contributed by atoms with Crippen LogP contribution in [-0.2, 0) is 5.41 Å². The van der Waals surface area contributed by atoms with E-state index in [0.717, 1.165) is 12.2 Å². The largest absolute Gasteiger partial charge is 0.399 e. The number of likely N-dealkylation sites (N-methyl/N-ethyl adjacent to an activating group) is 1. The first-order chi connectivity index (χ1) is 8.74. The van der Waals surface area contributed by atoms with Crippen molar-refractivity contribution in [3.05, 3.63) is 29.8 Å². The van der Waals surface area contributed by atoms with Crippen molar-refractivity contribution < 1.29 is 0 Å².